The summed E-state index contributed by atoms with van der Waals surface area (Å²) in [5, 5.41) is 21.6. The van der Waals surface area contributed by atoms with E-state index >= 15 is 0 Å². The molecule has 1 aromatic heterocycles. The van der Waals surface area contributed by atoms with E-state index in [0.717, 1.165) is 32.0 Å². The minimum Gasteiger partial charge on any atom is -0.357 e. The first-order chi connectivity index (χ1) is 14.0. The summed E-state index contributed by atoms with van der Waals surface area (Å²) in [7, 11) is 0. The molecule has 1 aromatic carbocycles. The lowest BCUT2D eigenvalue weighted by Crippen LogP contribution is -2.44. The van der Waals surface area contributed by atoms with Gasteiger partial charge in [-0.1, -0.05) is 30.3 Å². The number of nitro groups is 1. The van der Waals surface area contributed by atoms with Crippen LogP contribution in [0, 0.1) is 10.1 Å². The standard InChI is InChI=1S/C20H29N7O2/c1-3-21-20(22-9-10-26-15-19(12-23-26)27(28)29)24-18-11-16(2)25(14-18)13-17-7-5-4-6-8-17/h4-8,12,15-16,18H,3,9-11,13-14H2,1-2H3,(H2,21,22,24). The number of aromatic nitrogens is 2. The Morgan fingerprint density at radius 1 is 1.38 bits per heavy atom. The largest absolute Gasteiger partial charge is 0.357 e. The van der Waals surface area contributed by atoms with Crippen LogP contribution in [0.15, 0.2) is 47.7 Å². The van der Waals surface area contributed by atoms with Crippen molar-refractivity contribution in [2.75, 3.05) is 19.6 Å². The molecule has 156 valence electrons. The zero-order chi connectivity index (χ0) is 20.6. The van der Waals surface area contributed by atoms with Gasteiger partial charge in [0, 0.05) is 31.7 Å². The van der Waals surface area contributed by atoms with E-state index in [9.17, 15) is 10.1 Å². The Hall–Kier alpha value is -2.94. The fraction of sp³-hybridized carbons (Fsp3) is 0.500. The van der Waals surface area contributed by atoms with Crippen LogP contribution >= 0.6 is 0 Å². The van der Waals surface area contributed by atoms with E-state index in [1.54, 1.807) is 4.68 Å². The van der Waals surface area contributed by atoms with Crippen molar-refractivity contribution in [1.82, 2.24) is 25.3 Å². The molecule has 0 amide bonds. The second-order valence-corrected chi connectivity index (χ2v) is 7.32. The van der Waals surface area contributed by atoms with Crippen molar-refractivity contribution in [2.24, 2.45) is 4.99 Å². The number of nitrogens with one attached hydrogen (secondary N) is 2. The summed E-state index contributed by atoms with van der Waals surface area (Å²) in [6.45, 7) is 7.97. The molecule has 2 aromatic rings. The molecule has 1 aliphatic rings. The first-order valence-electron chi connectivity index (χ1n) is 10.0. The van der Waals surface area contributed by atoms with E-state index in [-0.39, 0.29) is 5.69 Å². The Morgan fingerprint density at radius 3 is 2.86 bits per heavy atom. The minimum atomic E-state index is -0.444. The molecule has 29 heavy (non-hydrogen) atoms. The normalized spacial score (nSPS) is 20.0. The van der Waals surface area contributed by atoms with Gasteiger partial charge < -0.3 is 10.6 Å². The van der Waals surface area contributed by atoms with Crippen LogP contribution in [-0.2, 0) is 13.1 Å². The Labute approximate surface area is 171 Å². The molecule has 0 bridgehead atoms. The van der Waals surface area contributed by atoms with Gasteiger partial charge in [0.2, 0.25) is 0 Å². The zero-order valence-corrected chi connectivity index (χ0v) is 17.0. The molecular formula is C20H29N7O2. The second-order valence-electron chi connectivity index (χ2n) is 7.32. The highest BCUT2D eigenvalue weighted by molar-refractivity contribution is 5.80. The quantitative estimate of drug-likeness (QED) is 0.305. The summed E-state index contributed by atoms with van der Waals surface area (Å²) in [4.78, 5) is 17.4. The number of aliphatic imine (C=N–C) groups is 1. The molecule has 1 aliphatic heterocycles. The van der Waals surface area contributed by atoms with Crippen molar-refractivity contribution in [3.05, 3.63) is 58.4 Å². The van der Waals surface area contributed by atoms with Gasteiger partial charge in [-0.2, -0.15) is 5.10 Å². The fourth-order valence-corrected chi connectivity index (χ4v) is 3.59. The molecule has 9 heteroatoms. The van der Waals surface area contributed by atoms with Crippen molar-refractivity contribution in [1.29, 1.82) is 0 Å². The molecule has 0 saturated carbocycles. The highest BCUT2D eigenvalue weighted by atomic mass is 16.6. The number of guanidine groups is 1. The lowest BCUT2D eigenvalue weighted by atomic mass is 10.2. The van der Waals surface area contributed by atoms with Gasteiger partial charge in [-0.3, -0.25) is 24.7 Å². The van der Waals surface area contributed by atoms with Crippen LogP contribution in [0.4, 0.5) is 5.69 Å². The smallest absolute Gasteiger partial charge is 0.306 e. The molecule has 1 saturated heterocycles. The second kappa shape index (κ2) is 10.0. The number of benzene rings is 1. The maximum atomic E-state index is 10.7. The minimum absolute atomic E-state index is 0.00235. The molecule has 0 radical (unpaired) electrons. The zero-order valence-electron chi connectivity index (χ0n) is 17.0. The van der Waals surface area contributed by atoms with Gasteiger partial charge in [0.05, 0.1) is 18.0 Å². The van der Waals surface area contributed by atoms with Crippen molar-refractivity contribution in [2.45, 2.75) is 45.4 Å². The lowest BCUT2D eigenvalue weighted by molar-refractivity contribution is -0.385. The van der Waals surface area contributed by atoms with E-state index < -0.39 is 4.92 Å². The summed E-state index contributed by atoms with van der Waals surface area (Å²) >= 11 is 0. The van der Waals surface area contributed by atoms with Crippen LogP contribution in [0.2, 0.25) is 0 Å². The van der Waals surface area contributed by atoms with Gasteiger partial charge in [0.25, 0.3) is 0 Å². The highest BCUT2D eigenvalue weighted by Gasteiger charge is 2.29. The van der Waals surface area contributed by atoms with Crippen molar-refractivity contribution in [3.63, 3.8) is 0 Å². The van der Waals surface area contributed by atoms with Crippen LogP contribution in [0.3, 0.4) is 0 Å². The number of nitrogens with zero attached hydrogens (tertiary/aromatic N) is 5. The molecule has 2 N–H and O–H groups in total. The summed E-state index contributed by atoms with van der Waals surface area (Å²) in [6, 6.07) is 11.4. The van der Waals surface area contributed by atoms with Crippen LogP contribution < -0.4 is 10.6 Å². The van der Waals surface area contributed by atoms with Crippen molar-refractivity contribution >= 4 is 11.6 Å². The molecule has 0 aliphatic carbocycles. The average Bonchev–Trinajstić information content (AvgIpc) is 3.30. The van der Waals surface area contributed by atoms with E-state index in [1.807, 2.05) is 13.0 Å². The monoisotopic (exact) mass is 399 g/mol. The SMILES string of the molecule is CCNC(=NCCn1cc([N+](=O)[O-])cn1)NC1CC(C)N(Cc2ccccc2)C1. The van der Waals surface area contributed by atoms with Gasteiger partial charge in [-0.25, -0.2) is 0 Å². The maximum Gasteiger partial charge on any atom is 0.306 e. The molecule has 1 fully saturated rings. The Balaban J connectivity index is 1.52. The van der Waals surface area contributed by atoms with Crippen molar-refractivity contribution < 1.29 is 4.92 Å². The fourth-order valence-electron chi connectivity index (χ4n) is 3.59. The Bertz CT molecular complexity index is 821. The van der Waals surface area contributed by atoms with E-state index in [1.165, 1.54) is 18.0 Å². The average molecular weight is 399 g/mol. The molecule has 9 nitrogen and oxygen atoms in total. The predicted octanol–water partition coefficient (Wildman–Crippen LogP) is 2.01. The van der Waals surface area contributed by atoms with Crippen LogP contribution in [-0.4, -0.2) is 57.3 Å². The molecule has 2 heterocycles. The Kier molecular flexibility index (Phi) is 7.18. The van der Waals surface area contributed by atoms with Crippen LogP contribution in [0.1, 0.15) is 25.8 Å². The van der Waals surface area contributed by atoms with Gasteiger partial charge in [0.1, 0.15) is 12.4 Å². The lowest BCUT2D eigenvalue weighted by Gasteiger charge is -2.21. The number of likely N-dealkylation sites (tertiary alicyclic amines) is 1. The third-order valence-corrected chi connectivity index (χ3v) is 5.05. The predicted molar refractivity (Wildman–Crippen MR) is 113 cm³/mol. The summed E-state index contributed by atoms with van der Waals surface area (Å²) in [6.07, 6.45) is 3.74. The number of rotatable bonds is 8. The number of hydrogen-bond acceptors (Lipinski definition) is 5. The van der Waals surface area contributed by atoms with E-state index in [0.29, 0.717) is 25.2 Å². The molecule has 2 atom stereocenters. The summed E-state index contributed by atoms with van der Waals surface area (Å²) in [5.41, 5.74) is 1.33. The van der Waals surface area contributed by atoms with Gasteiger partial charge in [0.15, 0.2) is 5.96 Å². The third kappa shape index (κ3) is 6.02. The van der Waals surface area contributed by atoms with E-state index in [2.05, 4.69) is 56.8 Å². The molecule has 3 rings (SSSR count). The van der Waals surface area contributed by atoms with E-state index in [4.69, 9.17) is 0 Å². The van der Waals surface area contributed by atoms with Gasteiger partial charge in [-0.15, -0.1) is 0 Å². The van der Waals surface area contributed by atoms with Crippen LogP contribution in [0.25, 0.3) is 0 Å². The van der Waals surface area contributed by atoms with Gasteiger partial charge in [-0.05, 0) is 25.8 Å². The Morgan fingerprint density at radius 2 is 2.17 bits per heavy atom. The third-order valence-electron chi connectivity index (χ3n) is 5.05. The number of hydrogen-bond donors (Lipinski definition) is 2. The van der Waals surface area contributed by atoms with Crippen LogP contribution in [0.5, 0.6) is 0 Å². The summed E-state index contributed by atoms with van der Waals surface area (Å²) in [5.74, 6) is 0.771. The maximum absolute atomic E-state index is 10.7. The first-order valence-corrected chi connectivity index (χ1v) is 10.0. The molecule has 2 unspecified atom stereocenters. The van der Waals surface area contributed by atoms with Gasteiger partial charge >= 0.3 is 5.69 Å². The highest BCUT2D eigenvalue weighted by Crippen LogP contribution is 2.20. The summed E-state index contributed by atoms with van der Waals surface area (Å²) < 4.78 is 1.55. The first kappa shape index (κ1) is 20.8. The topological polar surface area (TPSA) is 101 Å². The molecule has 0 spiro atoms. The molecular weight excluding hydrogens is 370 g/mol. The van der Waals surface area contributed by atoms with Crippen molar-refractivity contribution in [3.8, 4) is 0 Å².